The van der Waals surface area contributed by atoms with E-state index in [9.17, 15) is 4.79 Å². The maximum atomic E-state index is 12.2. The summed E-state index contributed by atoms with van der Waals surface area (Å²) in [6, 6.07) is 13.9. The maximum absolute atomic E-state index is 12.2. The van der Waals surface area contributed by atoms with Gasteiger partial charge in [-0.25, -0.2) is 4.98 Å². The van der Waals surface area contributed by atoms with E-state index in [1.807, 2.05) is 54.8 Å². The highest BCUT2D eigenvalue weighted by molar-refractivity contribution is 7.13. The van der Waals surface area contributed by atoms with Crippen molar-refractivity contribution < 1.29 is 9.53 Å². The summed E-state index contributed by atoms with van der Waals surface area (Å²) in [6.07, 6.45) is 1.71. The molecule has 0 radical (unpaired) electrons. The second-order valence-electron chi connectivity index (χ2n) is 4.85. The third-order valence-electron chi connectivity index (χ3n) is 3.32. The van der Waals surface area contributed by atoms with Crippen molar-refractivity contribution in [3.8, 4) is 5.75 Å². The van der Waals surface area contributed by atoms with Crippen LogP contribution in [0.1, 0.15) is 13.3 Å². The van der Waals surface area contributed by atoms with Gasteiger partial charge in [0.25, 0.3) is 5.91 Å². The molecule has 0 saturated heterocycles. The number of nitrogens with zero attached hydrogens (tertiary/aromatic N) is 1. The zero-order valence-electron chi connectivity index (χ0n) is 12.2. The first-order chi connectivity index (χ1) is 10.8. The molecule has 3 aromatic rings. The molecule has 0 aliphatic heterocycles. The van der Waals surface area contributed by atoms with Crippen molar-refractivity contribution >= 4 is 33.1 Å². The molecular weight excluding hydrogens is 296 g/mol. The summed E-state index contributed by atoms with van der Waals surface area (Å²) >= 11 is 1.39. The van der Waals surface area contributed by atoms with Gasteiger partial charge in [0.05, 0.1) is 0 Å². The number of benzene rings is 2. The molecule has 5 heteroatoms. The Balaban J connectivity index is 1.74. The lowest BCUT2D eigenvalue weighted by molar-refractivity contribution is -0.122. The van der Waals surface area contributed by atoms with Crippen LogP contribution in [0.2, 0.25) is 0 Å². The number of anilines is 1. The molecule has 22 heavy (non-hydrogen) atoms. The van der Waals surface area contributed by atoms with Gasteiger partial charge < -0.3 is 4.74 Å². The predicted molar refractivity (Wildman–Crippen MR) is 89.4 cm³/mol. The standard InChI is InChI=1S/C17H16N2O2S/c1-2-15(16(20)19-17-18-9-10-22-17)21-14-8-7-12-5-3-4-6-13(12)11-14/h3-11,15H,2H2,1H3,(H,18,19,20)/t15-/m1/s1. The van der Waals surface area contributed by atoms with Gasteiger partial charge in [0.1, 0.15) is 5.75 Å². The Labute approximate surface area is 132 Å². The number of hydrogen-bond donors (Lipinski definition) is 1. The fourth-order valence-corrected chi connectivity index (χ4v) is 2.73. The van der Waals surface area contributed by atoms with Gasteiger partial charge in [-0.1, -0.05) is 37.3 Å². The van der Waals surface area contributed by atoms with Crippen molar-refractivity contribution in [2.24, 2.45) is 0 Å². The molecule has 0 saturated carbocycles. The molecular formula is C17H16N2O2S. The van der Waals surface area contributed by atoms with Gasteiger partial charge in [-0.15, -0.1) is 11.3 Å². The molecule has 4 nitrogen and oxygen atoms in total. The van der Waals surface area contributed by atoms with Crippen molar-refractivity contribution in [3.05, 3.63) is 54.0 Å². The van der Waals surface area contributed by atoms with Gasteiger partial charge in [0.2, 0.25) is 0 Å². The van der Waals surface area contributed by atoms with E-state index in [2.05, 4.69) is 10.3 Å². The van der Waals surface area contributed by atoms with Crippen molar-refractivity contribution in [2.45, 2.75) is 19.4 Å². The Hall–Kier alpha value is -2.40. The smallest absolute Gasteiger partial charge is 0.267 e. The SMILES string of the molecule is CC[C@@H](Oc1ccc2ccccc2c1)C(=O)Nc1nccs1. The number of carbonyl (C=O) groups is 1. The first-order valence-corrected chi connectivity index (χ1v) is 8.00. The summed E-state index contributed by atoms with van der Waals surface area (Å²) in [5.74, 6) is 0.519. The van der Waals surface area contributed by atoms with E-state index < -0.39 is 6.10 Å². The Morgan fingerprint density at radius 3 is 2.82 bits per heavy atom. The van der Waals surface area contributed by atoms with Crippen molar-refractivity contribution in [2.75, 3.05) is 5.32 Å². The number of aromatic nitrogens is 1. The Kier molecular flexibility index (Phi) is 4.34. The molecule has 1 heterocycles. The van der Waals surface area contributed by atoms with Gasteiger partial charge in [-0.05, 0) is 29.3 Å². The van der Waals surface area contributed by atoms with Gasteiger partial charge in [-0.2, -0.15) is 0 Å². The Morgan fingerprint density at radius 1 is 1.27 bits per heavy atom. The molecule has 0 unspecified atom stereocenters. The predicted octanol–water partition coefficient (Wildman–Crippen LogP) is 4.09. The number of amides is 1. The number of fused-ring (bicyclic) bond motifs is 1. The third kappa shape index (κ3) is 3.26. The fourth-order valence-electron chi connectivity index (χ4n) is 2.20. The number of hydrogen-bond acceptors (Lipinski definition) is 4. The van der Waals surface area contributed by atoms with E-state index in [0.29, 0.717) is 17.3 Å². The van der Waals surface area contributed by atoms with Crippen LogP contribution in [0, 0.1) is 0 Å². The molecule has 0 aliphatic rings. The maximum Gasteiger partial charge on any atom is 0.267 e. The van der Waals surface area contributed by atoms with E-state index >= 15 is 0 Å². The van der Waals surface area contributed by atoms with Crippen LogP contribution < -0.4 is 10.1 Å². The van der Waals surface area contributed by atoms with E-state index in [4.69, 9.17) is 4.74 Å². The quantitative estimate of drug-likeness (QED) is 0.772. The monoisotopic (exact) mass is 312 g/mol. The third-order valence-corrected chi connectivity index (χ3v) is 4.01. The number of carbonyl (C=O) groups excluding carboxylic acids is 1. The highest BCUT2D eigenvalue weighted by atomic mass is 32.1. The highest BCUT2D eigenvalue weighted by Gasteiger charge is 2.19. The largest absolute Gasteiger partial charge is 0.481 e. The fraction of sp³-hybridized carbons (Fsp3) is 0.176. The number of rotatable bonds is 5. The second-order valence-corrected chi connectivity index (χ2v) is 5.74. The van der Waals surface area contributed by atoms with Crippen molar-refractivity contribution in [1.29, 1.82) is 0 Å². The van der Waals surface area contributed by atoms with Crippen LogP contribution in [0.5, 0.6) is 5.75 Å². The minimum Gasteiger partial charge on any atom is -0.481 e. The minimum atomic E-state index is -0.537. The number of nitrogens with one attached hydrogen (secondary N) is 1. The van der Waals surface area contributed by atoms with Crippen LogP contribution in [0.4, 0.5) is 5.13 Å². The molecule has 1 aromatic heterocycles. The molecule has 2 aromatic carbocycles. The molecule has 0 aliphatic carbocycles. The van der Waals surface area contributed by atoms with Crippen LogP contribution in [0.25, 0.3) is 10.8 Å². The lowest BCUT2D eigenvalue weighted by Gasteiger charge is -2.16. The van der Waals surface area contributed by atoms with Gasteiger partial charge in [-0.3, -0.25) is 10.1 Å². The summed E-state index contributed by atoms with van der Waals surface area (Å²) < 4.78 is 5.85. The number of ether oxygens (including phenoxy) is 1. The molecule has 1 N–H and O–H groups in total. The average Bonchev–Trinajstić information content (AvgIpc) is 3.05. The molecule has 112 valence electrons. The Morgan fingerprint density at radius 2 is 2.09 bits per heavy atom. The zero-order chi connectivity index (χ0) is 15.4. The van der Waals surface area contributed by atoms with Gasteiger partial charge in [0, 0.05) is 11.6 Å². The summed E-state index contributed by atoms with van der Waals surface area (Å²) in [6.45, 7) is 1.92. The Bertz CT molecular complexity index is 771. The normalized spacial score (nSPS) is 12.0. The van der Waals surface area contributed by atoms with Crippen LogP contribution in [0.3, 0.4) is 0 Å². The molecule has 3 rings (SSSR count). The molecule has 0 bridgehead atoms. The lowest BCUT2D eigenvalue weighted by Crippen LogP contribution is -2.32. The van der Waals surface area contributed by atoms with E-state index in [-0.39, 0.29) is 5.91 Å². The zero-order valence-corrected chi connectivity index (χ0v) is 13.0. The summed E-state index contributed by atoms with van der Waals surface area (Å²) in [5.41, 5.74) is 0. The van der Waals surface area contributed by atoms with Crippen LogP contribution in [0.15, 0.2) is 54.0 Å². The van der Waals surface area contributed by atoms with Crippen LogP contribution in [-0.4, -0.2) is 17.0 Å². The molecule has 1 atom stereocenters. The average molecular weight is 312 g/mol. The van der Waals surface area contributed by atoms with Crippen molar-refractivity contribution in [1.82, 2.24) is 4.98 Å². The van der Waals surface area contributed by atoms with Crippen molar-refractivity contribution in [3.63, 3.8) is 0 Å². The lowest BCUT2D eigenvalue weighted by atomic mass is 10.1. The first kappa shape index (κ1) is 14.5. The van der Waals surface area contributed by atoms with Gasteiger partial charge >= 0.3 is 0 Å². The number of thiazole rings is 1. The molecule has 0 spiro atoms. The first-order valence-electron chi connectivity index (χ1n) is 7.12. The summed E-state index contributed by atoms with van der Waals surface area (Å²) in [5, 5.41) is 7.42. The second kappa shape index (κ2) is 6.58. The van der Waals surface area contributed by atoms with E-state index in [1.54, 1.807) is 6.20 Å². The molecule has 1 amide bonds. The summed E-state index contributed by atoms with van der Waals surface area (Å²) in [7, 11) is 0. The topological polar surface area (TPSA) is 51.2 Å². The highest BCUT2D eigenvalue weighted by Crippen LogP contribution is 2.22. The van der Waals surface area contributed by atoms with Crippen LogP contribution in [-0.2, 0) is 4.79 Å². The van der Waals surface area contributed by atoms with Crippen LogP contribution >= 0.6 is 11.3 Å². The van der Waals surface area contributed by atoms with Gasteiger partial charge in [0.15, 0.2) is 11.2 Å². The minimum absolute atomic E-state index is 0.175. The van der Waals surface area contributed by atoms with E-state index in [0.717, 1.165) is 10.8 Å². The molecule has 0 fully saturated rings. The summed E-state index contributed by atoms with van der Waals surface area (Å²) in [4.78, 5) is 16.3. The van der Waals surface area contributed by atoms with E-state index in [1.165, 1.54) is 11.3 Å².